The number of rotatable bonds is 2. The van der Waals surface area contributed by atoms with Gasteiger partial charge in [0.15, 0.2) is 0 Å². The zero-order valence-electron chi connectivity index (χ0n) is 11.0. The minimum Gasteiger partial charge on any atom is -0.497 e. The summed E-state index contributed by atoms with van der Waals surface area (Å²) in [6, 6.07) is 15.4. The van der Waals surface area contributed by atoms with Crippen molar-refractivity contribution in [2.45, 2.75) is 13.8 Å². The van der Waals surface area contributed by atoms with Crippen molar-refractivity contribution in [2.24, 2.45) is 0 Å². The van der Waals surface area contributed by atoms with E-state index in [9.17, 15) is 4.79 Å². The fourth-order valence-electron chi connectivity index (χ4n) is 1.52. The molecule has 0 fully saturated rings. The van der Waals surface area contributed by atoms with E-state index in [1.54, 1.807) is 31.4 Å². The molecule has 0 unspecified atom stereocenters. The summed E-state index contributed by atoms with van der Waals surface area (Å²) in [4.78, 5) is 10.2. The zero-order chi connectivity index (χ0) is 13.4. The van der Waals surface area contributed by atoms with Crippen molar-refractivity contribution in [3.63, 3.8) is 0 Å². The maximum atomic E-state index is 10.2. The van der Waals surface area contributed by atoms with E-state index in [-0.39, 0.29) is 0 Å². The van der Waals surface area contributed by atoms with Crippen molar-refractivity contribution in [1.82, 2.24) is 0 Å². The largest absolute Gasteiger partial charge is 0.497 e. The summed E-state index contributed by atoms with van der Waals surface area (Å²) in [6.45, 7) is 4.21. The summed E-state index contributed by atoms with van der Waals surface area (Å²) < 4.78 is 4.90. The zero-order valence-corrected chi connectivity index (χ0v) is 11.0. The Morgan fingerprint density at radius 3 is 2.00 bits per heavy atom. The summed E-state index contributed by atoms with van der Waals surface area (Å²) in [5.74, 6) is 0.713. The van der Waals surface area contributed by atoms with Crippen LogP contribution in [0.5, 0.6) is 5.75 Å². The van der Waals surface area contributed by atoms with Crippen molar-refractivity contribution in [3.05, 3.63) is 65.2 Å². The molecule has 0 aliphatic carbocycles. The number of carbonyl (C=O) groups is 1. The smallest absolute Gasteiger partial charge is 0.150 e. The third-order valence-electron chi connectivity index (χ3n) is 2.40. The van der Waals surface area contributed by atoms with Crippen molar-refractivity contribution >= 4 is 6.29 Å². The van der Waals surface area contributed by atoms with Gasteiger partial charge in [0.2, 0.25) is 0 Å². The first-order chi connectivity index (χ1) is 8.65. The molecular formula is C16H18O2. The number of aryl methyl sites for hydroxylation is 2. The topological polar surface area (TPSA) is 26.3 Å². The average Bonchev–Trinajstić information content (AvgIpc) is 2.39. The molecule has 0 radical (unpaired) electrons. The molecule has 0 aromatic heterocycles. The average molecular weight is 242 g/mol. The summed E-state index contributed by atoms with van der Waals surface area (Å²) in [7, 11) is 1.57. The molecule has 0 saturated heterocycles. The van der Waals surface area contributed by atoms with Crippen LogP contribution in [0.4, 0.5) is 0 Å². The molecule has 0 bridgehead atoms. The summed E-state index contributed by atoms with van der Waals surface area (Å²) in [6.07, 6.45) is 0.794. The van der Waals surface area contributed by atoms with E-state index < -0.39 is 0 Å². The van der Waals surface area contributed by atoms with Crippen molar-refractivity contribution < 1.29 is 9.53 Å². The van der Waals surface area contributed by atoms with Gasteiger partial charge in [-0.25, -0.2) is 0 Å². The van der Waals surface area contributed by atoms with E-state index in [1.165, 1.54) is 11.1 Å². The quantitative estimate of drug-likeness (QED) is 0.748. The van der Waals surface area contributed by atoms with Crippen LogP contribution in [0.2, 0.25) is 0 Å². The van der Waals surface area contributed by atoms with E-state index in [2.05, 4.69) is 38.1 Å². The van der Waals surface area contributed by atoms with Crippen LogP contribution < -0.4 is 4.74 Å². The number of carbonyl (C=O) groups excluding carboxylic acids is 1. The Kier molecular flexibility index (Phi) is 5.65. The van der Waals surface area contributed by atoms with Crippen molar-refractivity contribution in [2.75, 3.05) is 7.11 Å². The summed E-state index contributed by atoms with van der Waals surface area (Å²) in [5.41, 5.74) is 3.31. The van der Waals surface area contributed by atoms with Crippen molar-refractivity contribution in [1.29, 1.82) is 0 Å². The second-order valence-electron chi connectivity index (χ2n) is 4.05. The Bertz CT molecular complexity index is 487. The predicted molar refractivity (Wildman–Crippen MR) is 74.3 cm³/mol. The van der Waals surface area contributed by atoms with E-state index in [0.717, 1.165) is 6.29 Å². The normalized spacial score (nSPS) is 9.06. The predicted octanol–water partition coefficient (Wildman–Crippen LogP) is 3.81. The molecule has 0 N–H and O–H groups in total. The lowest BCUT2D eigenvalue weighted by atomic mass is 10.2. The molecule has 2 rings (SSSR count). The Morgan fingerprint density at radius 2 is 1.56 bits per heavy atom. The standard InChI is InChI=1S/C8H8O2.C8H10/c1-10-8-4-2-3-7(5-8)6-9;1-7-4-3-5-8(2)6-7/h2-6H,1H3;3-6H,1-2H3. The molecule has 2 heteroatoms. The Labute approximate surface area is 108 Å². The fraction of sp³-hybridized carbons (Fsp3) is 0.188. The molecule has 18 heavy (non-hydrogen) atoms. The van der Waals surface area contributed by atoms with Gasteiger partial charge in [0.05, 0.1) is 7.11 Å². The van der Waals surface area contributed by atoms with Crippen LogP contribution in [0.3, 0.4) is 0 Å². The van der Waals surface area contributed by atoms with Crippen LogP contribution in [0.15, 0.2) is 48.5 Å². The number of aldehydes is 1. The highest BCUT2D eigenvalue weighted by Crippen LogP contribution is 2.10. The first-order valence-electron chi connectivity index (χ1n) is 5.78. The van der Waals surface area contributed by atoms with E-state index >= 15 is 0 Å². The molecule has 94 valence electrons. The number of hydrogen-bond donors (Lipinski definition) is 0. The van der Waals surface area contributed by atoms with Gasteiger partial charge in [0.25, 0.3) is 0 Å². The molecule has 2 nitrogen and oxygen atoms in total. The maximum Gasteiger partial charge on any atom is 0.150 e. The molecule has 0 spiro atoms. The SMILES string of the molecule is COc1cccc(C=O)c1.Cc1cccc(C)c1. The number of methoxy groups -OCH3 is 1. The van der Waals surface area contributed by atoms with Crippen LogP contribution in [-0.4, -0.2) is 13.4 Å². The van der Waals surface area contributed by atoms with E-state index in [1.807, 2.05) is 0 Å². The highest BCUT2D eigenvalue weighted by atomic mass is 16.5. The molecule has 0 amide bonds. The molecule has 2 aromatic rings. The van der Waals surface area contributed by atoms with Gasteiger partial charge in [-0.1, -0.05) is 47.5 Å². The monoisotopic (exact) mass is 242 g/mol. The Morgan fingerprint density at radius 1 is 0.944 bits per heavy atom. The van der Waals surface area contributed by atoms with Gasteiger partial charge in [-0.15, -0.1) is 0 Å². The second-order valence-corrected chi connectivity index (χ2v) is 4.05. The van der Waals surface area contributed by atoms with Crippen molar-refractivity contribution in [3.8, 4) is 5.75 Å². The molecule has 0 aliphatic rings. The van der Waals surface area contributed by atoms with Gasteiger partial charge in [-0.3, -0.25) is 4.79 Å². The Hall–Kier alpha value is -2.09. The lowest BCUT2D eigenvalue weighted by Crippen LogP contribution is -1.84. The maximum absolute atomic E-state index is 10.2. The first-order valence-corrected chi connectivity index (χ1v) is 5.78. The third-order valence-corrected chi connectivity index (χ3v) is 2.40. The third kappa shape index (κ3) is 4.83. The van der Waals surface area contributed by atoms with E-state index in [0.29, 0.717) is 11.3 Å². The van der Waals surface area contributed by atoms with Gasteiger partial charge in [-0.2, -0.15) is 0 Å². The van der Waals surface area contributed by atoms with Crippen LogP contribution in [0.1, 0.15) is 21.5 Å². The lowest BCUT2D eigenvalue weighted by Gasteiger charge is -1.97. The van der Waals surface area contributed by atoms with Crippen LogP contribution >= 0.6 is 0 Å². The number of ether oxygens (including phenoxy) is 1. The lowest BCUT2D eigenvalue weighted by molar-refractivity contribution is 0.112. The van der Waals surface area contributed by atoms with E-state index in [4.69, 9.17) is 4.74 Å². The highest BCUT2D eigenvalue weighted by Gasteiger charge is 1.90. The van der Waals surface area contributed by atoms with Gasteiger partial charge >= 0.3 is 0 Å². The molecular weight excluding hydrogens is 224 g/mol. The van der Waals surface area contributed by atoms with Crippen LogP contribution in [-0.2, 0) is 0 Å². The molecule has 0 heterocycles. The minimum absolute atomic E-state index is 0.638. The van der Waals surface area contributed by atoms with Gasteiger partial charge in [0.1, 0.15) is 12.0 Å². The highest BCUT2D eigenvalue weighted by molar-refractivity contribution is 5.75. The number of benzene rings is 2. The summed E-state index contributed by atoms with van der Waals surface area (Å²) in [5, 5.41) is 0. The second kappa shape index (κ2) is 7.28. The Balaban J connectivity index is 0.000000184. The number of hydrogen-bond acceptors (Lipinski definition) is 2. The molecule has 0 atom stereocenters. The summed E-state index contributed by atoms with van der Waals surface area (Å²) >= 11 is 0. The van der Waals surface area contributed by atoms with Crippen LogP contribution in [0, 0.1) is 13.8 Å². The first kappa shape index (κ1) is 14.0. The molecule has 2 aromatic carbocycles. The van der Waals surface area contributed by atoms with Gasteiger partial charge in [0, 0.05) is 5.56 Å². The van der Waals surface area contributed by atoms with Gasteiger partial charge in [-0.05, 0) is 26.0 Å². The van der Waals surface area contributed by atoms with Gasteiger partial charge < -0.3 is 4.74 Å². The molecule has 0 aliphatic heterocycles. The van der Waals surface area contributed by atoms with Crippen LogP contribution in [0.25, 0.3) is 0 Å². The molecule has 0 saturated carbocycles. The minimum atomic E-state index is 0.638. The fourth-order valence-corrected chi connectivity index (χ4v) is 1.52.